The molecule has 1 aliphatic rings. The van der Waals surface area contributed by atoms with Gasteiger partial charge in [-0.15, -0.1) is 0 Å². The first-order valence-corrected chi connectivity index (χ1v) is 9.39. The Kier molecular flexibility index (Phi) is 5.59. The fourth-order valence-corrected chi connectivity index (χ4v) is 3.25. The fraction of sp³-hybridized carbons (Fsp3) is 0.316. The molecular weight excluding hydrogens is 382 g/mol. The molecule has 1 atom stereocenters. The van der Waals surface area contributed by atoms with Crippen LogP contribution < -0.4 is 4.74 Å². The van der Waals surface area contributed by atoms with Crippen molar-refractivity contribution >= 4 is 17.5 Å². The first-order chi connectivity index (χ1) is 13.7. The second-order valence-electron chi connectivity index (χ2n) is 6.45. The van der Waals surface area contributed by atoms with E-state index in [1.165, 1.54) is 0 Å². The van der Waals surface area contributed by atoms with Crippen LogP contribution in [0, 0.1) is 0 Å². The minimum absolute atomic E-state index is 0.0866. The number of nitrogens with one attached hydrogen (secondary N) is 2. The lowest BCUT2D eigenvalue weighted by Gasteiger charge is -2.31. The van der Waals surface area contributed by atoms with Gasteiger partial charge in [0, 0.05) is 29.9 Å². The Morgan fingerprint density at radius 3 is 3.07 bits per heavy atom. The number of rotatable bonds is 6. The molecule has 8 nitrogen and oxygen atoms in total. The van der Waals surface area contributed by atoms with E-state index in [1.54, 1.807) is 29.3 Å². The van der Waals surface area contributed by atoms with Gasteiger partial charge in [-0.3, -0.25) is 15.0 Å². The molecule has 2 aromatic heterocycles. The van der Waals surface area contributed by atoms with Gasteiger partial charge in [-0.2, -0.15) is 10.2 Å². The summed E-state index contributed by atoms with van der Waals surface area (Å²) < 4.78 is 11.5. The van der Waals surface area contributed by atoms with Crippen LogP contribution in [-0.4, -0.2) is 57.5 Å². The summed E-state index contributed by atoms with van der Waals surface area (Å²) >= 11 is 5.95. The molecule has 1 amide bonds. The maximum absolute atomic E-state index is 12.5. The van der Waals surface area contributed by atoms with Crippen LogP contribution >= 0.6 is 11.6 Å². The zero-order valence-electron chi connectivity index (χ0n) is 15.1. The van der Waals surface area contributed by atoms with Crippen molar-refractivity contribution in [3.8, 4) is 5.75 Å². The molecule has 1 saturated heterocycles. The Labute approximate surface area is 166 Å². The summed E-state index contributed by atoms with van der Waals surface area (Å²) in [5.74, 6) is 0.646. The number of hydrogen-bond acceptors (Lipinski definition) is 5. The molecule has 0 aliphatic carbocycles. The van der Waals surface area contributed by atoms with Gasteiger partial charge in [0.15, 0.2) is 0 Å². The van der Waals surface area contributed by atoms with E-state index in [4.69, 9.17) is 21.1 Å². The van der Waals surface area contributed by atoms with Crippen LogP contribution in [-0.2, 0) is 11.2 Å². The van der Waals surface area contributed by atoms with Gasteiger partial charge in [0.1, 0.15) is 17.5 Å². The topological polar surface area (TPSA) is 96.1 Å². The van der Waals surface area contributed by atoms with E-state index < -0.39 is 0 Å². The number of benzene rings is 1. The Bertz CT molecular complexity index is 927. The molecule has 9 heteroatoms. The van der Waals surface area contributed by atoms with Crippen molar-refractivity contribution in [2.45, 2.75) is 12.5 Å². The maximum Gasteiger partial charge on any atom is 0.272 e. The van der Waals surface area contributed by atoms with Gasteiger partial charge in [0.2, 0.25) is 0 Å². The predicted octanol–water partition coefficient (Wildman–Crippen LogP) is 2.62. The van der Waals surface area contributed by atoms with E-state index in [9.17, 15) is 4.79 Å². The molecule has 3 heterocycles. The van der Waals surface area contributed by atoms with Crippen molar-refractivity contribution in [1.82, 2.24) is 25.3 Å². The number of carbonyl (C=O) groups is 1. The molecular formula is C19H20ClN5O3. The van der Waals surface area contributed by atoms with Crippen LogP contribution in [0.2, 0.25) is 5.02 Å². The van der Waals surface area contributed by atoms with E-state index in [0.717, 1.165) is 17.1 Å². The molecule has 28 heavy (non-hydrogen) atoms. The van der Waals surface area contributed by atoms with E-state index in [2.05, 4.69) is 20.4 Å². The average Bonchev–Trinajstić information content (AvgIpc) is 3.40. The lowest BCUT2D eigenvalue weighted by molar-refractivity contribution is -0.0249. The molecule has 1 fully saturated rings. The molecule has 2 N–H and O–H groups in total. The highest BCUT2D eigenvalue weighted by atomic mass is 35.5. The molecule has 0 bridgehead atoms. The summed E-state index contributed by atoms with van der Waals surface area (Å²) in [5, 5.41) is 14.6. The Hall–Kier alpha value is -2.84. The zero-order valence-corrected chi connectivity index (χ0v) is 15.9. The Morgan fingerprint density at radius 1 is 1.32 bits per heavy atom. The zero-order chi connectivity index (χ0) is 19.3. The van der Waals surface area contributed by atoms with E-state index in [0.29, 0.717) is 43.4 Å². The lowest BCUT2D eigenvalue weighted by Crippen LogP contribution is -2.42. The van der Waals surface area contributed by atoms with E-state index in [1.807, 2.05) is 18.2 Å². The number of carbonyl (C=O) groups excluding carboxylic acids is 1. The molecule has 146 valence electrons. The number of aromatic amines is 2. The van der Waals surface area contributed by atoms with Crippen LogP contribution in [0.5, 0.6) is 5.75 Å². The predicted molar refractivity (Wildman–Crippen MR) is 102 cm³/mol. The van der Waals surface area contributed by atoms with Gasteiger partial charge in [0.05, 0.1) is 25.5 Å². The minimum atomic E-state index is -0.264. The summed E-state index contributed by atoms with van der Waals surface area (Å²) in [5.41, 5.74) is 2.19. The van der Waals surface area contributed by atoms with Crippen molar-refractivity contribution < 1.29 is 14.3 Å². The minimum Gasteiger partial charge on any atom is -0.493 e. The van der Waals surface area contributed by atoms with Crippen molar-refractivity contribution in [2.75, 3.05) is 26.3 Å². The molecule has 1 aromatic carbocycles. The third-order valence-corrected chi connectivity index (χ3v) is 4.74. The monoisotopic (exact) mass is 401 g/mol. The molecule has 4 rings (SSSR count). The smallest absolute Gasteiger partial charge is 0.272 e. The summed E-state index contributed by atoms with van der Waals surface area (Å²) in [6.07, 6.45) is 1.97. The van der Waals surface area contributed by atoms with Crippen LogP contribution in [0.25, 0.3) is 0 Å². The normalized spacial score (nSPS) is 16.9. The van der Waals surface area contributed by atoms with Gasteiger partial charge < -0.3 is 14.4 Å². The second-order valence-corrected chi connectivity index (χ2v) is 6.89. The van der Waals surface area contributed by atoms with E-state index in [-0.39, 0.29) is 12.0 Å². The number of halogens is 1. The van der Waals surface area contributed by atoms with Crippen LogP contribution in [0.3, 0.4) is 0 Å². The maximum atomic E-state index is 12.5. The van der Waals surface area contributed by atoms with Crippen LogP contribution in [0.1, 0.15) is 28.0 Å². The number of morpholine rings is 1. The fourth-order valence-electron chi connectivity index (χ4n) is 3.07. The van der Waals surface area contributed by atoms with Crippen LogP contribution in [0.4, 0.5) is 0 Å². The number of H-pyrrole nitrogens is 2. The lowest BCUT2D eigenvalue weighted by atomic mass is 10.1. The van der Waals surface area contributed by atoms with Gasteiger partial charge in [-0.25, -0.2) is 0 Å². The highest BCUT2D eigenvalue weighted by Crippen LogP contribution is 2.22. The SMILES string of the molecule is O=C(c1ccn[nH]1)N1CCO[C@@H](c2cc(CCOc3cccc(Cl)c3)[nH]n2)C1. The number of ether oxygens (including phenoxy) is 2. The largest absolute Gasteiger partial charge is 0.493 e. The highest BCUT2D eigenvalue weighted by Gasteiger charge is 2.28. The van der Waals surface area contributed by atoms with Gasteiger partial charge >= 0.3 is 0 Å². The molecule has 0 unspecified atom stereocenters. The summed E-state index contributed by atoms with van der Waals surface area (Å²) in [7, 11) is 0. The number of nitrogens with zero attached hydrogens (tertiary/aromatic N) is 3. The number of hydrogen-bond donors (Lipinski definition) is 2. The van der Waals surface area contributed by atoms with Crippen LogP contribution in [0.15, 0.2) is 42.6 Å². The number of aromatic nitrogens is 4. The van der Waals surface area contributed by atoms with E-state index >= 15 is 0 Å². The standard InChI is InChI=1S/C19H20ClN5O3/c20-13-2-1-3-15(10-13)27-8-5-14-11-17(24-22-14)18-12-25(7-9-28-18)19(26)16-4-6-21-23-16/h1-4,6,10-11,18H,5,7-9,12H2,(H,21,23)(H,22,24)/t18-/m1/s1. The molecule has 3 aromatic rings. The molecule has 0 radical (unpaired) electrons. The summed E-state index contributed by atoms with van der Waals surface area (Å²) in [6.45, 7) is 1.95. The first-order valence-electron chi connectivity index (χ1n) is 9.02. The van der Waals surface area contributed by atoms with Crippen molar-refractivity contribution in [3.05, 3.63) is 64.7 Å². The second kappa shape index (κ2) is 8.45. The van der Waals surface area contributed by atoms with Crippen molar-refractivity contribution in [2.24, 2.45) is 0 Å². The molecule has 0 saturated carbocycles. The summed E-state index contributed by atoms with van der Waals surface area (Å²) in [6, 6.07) is 10.9. The van der Waals surface area contributed by atoms with Gasteiger partial charge in [0.25, 0.3) is 5.91 Å². The third-order valence-electron chi connectivity index (χ3n) is 4.50. The Morgan fingerprint density at radius 2 is 2.25 bits per heavy atom. The summed E-state index contributed by atoms with van der Waals surface area (Å²) in [4.78, 5) is 14.2. The quantitative estimate of drug-likeness (QED) is 0.661. The van der Waals surface area contributed by atoms with Crippen molar-refractivity contribution in [1.29, 1.82) is 0 Å². The first kappa shape index (κ1) is 18.5. The third kappa shape index (κ3) is 4.35. The number of amides is 1. The van der Waals surface area contributed by atoms with Gasteiger partial charge in [-0.05, 0) is 30.3 Å². The molecule has 0 spiro atoms. The average molecular weight is 402 g/mol. The van der Waals surface area contributed by atoms with Crippen molar-refractivity contribution in [3.63, 3.8) is 0 Å². The van der Waals surface area contributed by atoms with Gasteiger partial charge in [-0.1, -0.05) is 17.7 Å². The molecule has 1 aliphatic heterocycles. The Balaban J connectivity index is 1.32. The highest BCUT2D eigenvalue weighted by molar-refractivity contribution is 6.30.